The fourth-order valence-corrected chi connectivity index (χ4v) is 3.00. The summed E-state index contributed by atoms with van der Waals surface area (Å²) >= 11 is 0. The van der Waals surface area contributed by atoms with Crippen LogP contribution in [0.4, 0.5) is 0 Å². The van der Waals surface area contributed by atoms with Gasteiger partial charge in [0.2, 0.25) is 0 Å². The second-order valence-corrected chi connectivity index (χ2v) is 8.10. The Morgan fingerprint density at radius 2 is 1.05 bits per heavy atom. The third-order valence-electron chi connectivity index (χ3n) is 3.83. The van der Waals surface area contributed by atoms with Gasteiger partial charge in [-0.1, -0.05) is 90.4 Å². The largest absolute Gasteiger partial charge is 0.325 e. The molecule has 1 atom stereocenters. The highest BCUT2D eigenvalue weighted by atomic mass is 35.5. The Hall–Kier alpha value is 0.440. The van der Waals surface area contributed by atoms with E-state index >= 15 is 0 Å². The van der Waals surface area contributed by atoms with Crippen LogP contribution in [0.2, 0.25) is 0 Å². The summed E-state index contributed by atoms with van der Waals surface area (Å²) in [4.78, 5) is 8.95. The van der Waals surface area contributed by atoms with E-state index in [1.165, 1.54) is 83.7 Å². The van der Waals surface area contributed by atoms with Crippen LogP contribution in [0.3, 0.4) is 0 Å². The molecule has 0 aliphatic rings. The first kappa shape index (κ1) is 24.7. The van der Waals surface area contributed by atoms with Gasteiger partial charge in [-0.2, -0.15) is 0 Å². The molecule has 1 unspecified atom stereocenters. The molecule has 5 heteroatoms. The van der Waals surface area contributed by atoms with Gasteiger partial charge in [0.1, 0.15) is 0 Å². The van der Waals surface area contributed by atoms with E-state index in [9.17, 15) is 4.57 Å². The van der Waals surface area contributed by atoms with Crippen LogP contribution >= 0.6 is 20.0 Å². The summed E-state index contributed by atoms with van der Waals surface area (Å²) < 4.78 is 15.7. The number of halogens is 1. The maximum Gasteiger partial charge on any atom is 0.325 e. The Morgan fingerprint density at radius 3 is 1.36 bits per heavy atom. The van der Waals surface area contributed by atoms with Crippen molar-refractivity contribution in [2.24, 2.45) is 0 Å². The third-order valence-corrected chi connectivity index (χ3v) is 4.49. The minimum atomic E-state index is -3.25. The molecule has 0 aliphatic carbocycles. The monoisotopic (exact) mass is 356 g/mol. The fourth-order valence-electron chi connectivity index (χ4n) is 2.53. The van der Waals surface area contributed by atoms with Crippen molar-refractivity contribution in [1.82, 2.24) is 0 Å². The summed E-state index contributed by atoms with van der Waals surface area (Å²) in [5.74, 6) is 0. The highest BCUT2D eigenvalue weighted by Gasteiger charge is 2.08. The van der Waals surface area contributed by atoms with Crippen molar-refractivity contribution < 1.29 is 14.0 Å². The molecule has 0 saturated heterocycles. The molecule has 0 rings (SSSR count). The average Bonchev–Trinajstić information content (AvgIpc) is 2.42. The van der Waals surface area contributed by atoms with Gasteiger partial charge in [0, 0.05) is 6.66 Å². The molecule has 0 saturated carbocycles. The molecule has 0 radical (unpaired) electrons. The first-order valence-electron chi connectivity index (χ1n) is 9.01. The third kappa shape index (κ3) is 22.7. The second kappa shape index (κ2) is 17.8. The van der Waals surface area contributed by atoms with E-state index in [-0.39, 0.29) is 12.4 Å². The van der Waals surface area contributed by atoms with Crippen molar-refractivity contribution in [3.05, 3.63) is 0 Å². The Bertz CT molecular complexity index is 256. The van der Waals surface area contributed by atoms with Crippen LogP contribution in [-0.2, 0) is 9.09 Å². The zero-order chi connectivity index (χ0) is 15.8. The highest BCUT2D eigenvalue weighted by molar-refractivity contribution is 7.51. The van der Waals surface area contributed by atoms with Crippen LogP contribution in [0.5, 0.6) is 0 Å². The van der Waals surface area contributed by atoms with Crippen LogP contribution in [0.15, 0.2) is 0 Å². The molecule has 22 heavy (non-hydrogen) atoms. The minimum Gasteiger partial charge on any atom is -0.324 e. The van der Waals surface area contributed by atoms with Gasteiger partial charge in [-0.15, -0.1) is 12.4 Å². The standard InChI is InChI=1S/C17H37O3P.ClH/c1-3-4-5-6-7-8-9-10-11-12-13-14-15-16-17-20-21(2,18)19;/h3-17H2,1-2H3,(H,18,19);1H. The number of hydrogen-bond donors (Lipinski definition) is 1. The molecule has 0 bridgehead atoms. The zero-order valence-corrected chi connectivity index (χ0v) is 16.4. The molecule has 0 aromatic carbocycles. The van der Waals surface area contributed by atoms with Crippen molar-refractivity contribution in [2.75, 3.05) is 13.3 Å². The number of hydrogen-bond acceptors (Lipinski definition) is 2. The molecule has 0 amide bonds. The highest BCUT2D eigenvalue weighted by Crippen LogP contribution is 2.36. The molecule has 0 spiro atoms. The van der Waals surface area contributed by atoms with Crippen molar-refractivity contribution in [3.8, 4) is 0 Å². The van der Waals surface area contributed by atoms with Gasteiger partial charge >= 0.3 is 7.60 Å². The van der Waals surface area contributed by atoms with Crippen molar-refractivity contribution in [1.29, 1.82) is 0 Å². The van der Waals surface area contributed by atoms with Crippen LogP contribution in [0.1, 0.15) is 96.8 Å². The number of rotatable bonds is 16. The van der Waals surface area contributed by atoms with E-state index in [4.69, 9.17) is 9.42 Å². The summed E-state index contributed by atoms with van der Waals surface area (Å²) in [5, 5.41) is 0. The zero-order valence-electron chi connectivity index (χ0n) is 14.7. The minimum absolute atomic E-state index is 0. The van der Waals surface area contributed by atoms with Crippen LogP contribution < -0.4 is 0 Å². The quantitative estimate of drug-likeness (QED) is 0.246. The maximum atomic E-state index is 10.9. The van der Waals surface area contributed by atoms with E-state index in [0.29, 0.717) is 6.61 Å². The van der Waals surface area contributed by atoms with Gasteiger partial charge in [0.25, 0.3) is 0 Å². The lowest BCUT2D eigenvalue weighted by atomic mass is 10.0. The van der Waals surface area contributed by atoms with E-state index in [0.717, 1.165) is 12.8 Å². The Morgan fingerprint density at radius 1 is 0.727 bits per heavy atom. The van der Waals surface area contributed by atoms with E-state index in [1.807, 2.05) is 0 Å². The molecule has 3 nitrogen and oxygen atoms in total. The number of unbranched alkanes of at least 4 members (excludes halogenated alkanes) is 13. The lowest BCUT2D eigenvalue weighted by Gasteiger charge is -2.06. The van der Waals surface area contributed by atoms with Crippen LogP contribution in [-0.4, -0.2) is 18.2 Å². The van der Waals surface area contributed by atoms with Gasteiger partial charge in [-0.05, 0) is 6.42 Å². The molecule has 0 aromatic rings. The Labute approximate surface area is 144 Å². The Kier molecular flexibility index (Phi) is 20.0. The fraction of sp³-hybridized carbons (Fsp3) is 1.00. The van der Waals surface area contributed by atoms with Crippen molar-refractivity contribution in [3.63, 3.8) is 0 Å². The Balaban J connectivity index is 0. The normalized spacial score (nSPS) is 13.6. The first-order chi connectivity index (χ1) is 10.1. The lowest BCUT2D eigenvalue weighted by molar-refractivity contribution is 0.257. The molecule has 0 heterocycles. The summed E-state index contributed by atoms with van der Waals surface area (Å²) in [5.41, 5.74) is 0. The summed E-state index contributed by atoms with van der Waals surface area (Å²) in [6.45, 7) is 3.93. The average molecular weight is 357 g/mol. The van der Waals surface area contributed by atoms with Crippen LogP contribution in [0.25, 0.3) is 0 Å². The molecule has 1 N–H and O–H groups in total. The van der Waals surface area contributed by atoms with Gasteiger partial charge < -0.3 is 9.42 Å². The topological polar surface area (TPSA) is 46.5 Å². The molecule has 136 valence electrons. The molecular weight excluding hydrogens is 319 g/mol. The summed E-state index contributed by atoms with van der Waals surface area (Å²) in [6.07, 6.45) is 18.4. The van der Waals surface area contributed by atoms with Crippen LogP contribution in [0, 0.1) is 0 Å². The molecule has 0 aliphatic heterocycles. The summed E-state index contributed by atoms with van der Waals surface area (Å²) in [7, 11) is -3.25. The predicted octanol–water partition coefficient (Wildman–Crippen LogP) is 6.72. The van der Waals surface area contributed by atoms with Gasteiger partial charge in [-0.3, -0.25) is 4.57 Å². The molecular formula is C17H38ClO3P. The lowest BCUT2D eigenvalue weighted by Crippen LogP contribution is -1.91. The van der Waals surface area contributed by atoms with Crippen molar-refractivity contribution >= 4 is 20.0 Å². The van der Waals surface area contributed by atoms with Gasteiger partial charge in [-0.25, -0.2) is 0 Å². The predicted molar refractivity (Wildman–Crippen MR) is 99.3 cm³/mol. The molecule has 0 aromatic heterocycles. The van der Waals surface area contributed by atoms with E-state index in [1.54, 1.807) is 0 Å². The smallest absolute Gasteiger partial charge is 0.324 e. The van der Waals surface area contributed by atoms with Gasteiger partial charge in [0.05, 0.1) is 6.61 Å². The second-order valence-electron chi connectivity index (χ2n) is 6.23. The maximum absolute atomic E-state index is 10.9. The SMILES string of the molecule is CCCCCCCCCCCCCCCCOP(C)(=O)O.Cl. The molecule has 0 fully saturated rings. The summed E-state index contributed by atoms with van der Waals surface area (Å²) in [6, 6.07) is 0. The van der Waals surface area contributed by atoms with E-state index < -0.39 is 7.60 Å². The van der Waals surface area contributed by atoms with Gasteiger partial charge in [0.15, 0.2) is 0 Å². The van der Waals surface area contributed by atoms with E-state index in [2.05, 4.69) is 6.92 Å². The van der Waals surface area contributed by atoms with Crippen molar-refractivity contribution in [2.45, 2.75) is 96.8 Å². The first-order valence-corrected chi connectivity index (χ1v) is 11.0.